The van der Waals surface area contributed by atoms with Crippen LogP contribution in [0.3, 0.4) is 0 Å². The lowest BCUT2D eigenvalue weighted by molar-refractivity contribution is -0.386. The maximum atomic E-state index is 10.9. The largest absolute Gasteiger partial charge is 0.508 e. The summed E-state index contributed by atoms with van der Waals surface area (Å²) >= 11 is 1.00. The Balaban J connectivity index is 2.83. The Morgan fingerprint density at radius 1 is 1.45 bits per heavy atom. The fourth-order valence-electron chi connectivity index (χ4n) is 1.63. The second kappa shape index (κ2) is 7.22. The first-order valence-electron chi connectivity index (χ1n) is 5.79. The number of carbonyl (C=O) groups is 1. The van der Waals surface area contributed by atoms with Gasteiger partial charge in [0.2, 0.25) is 0 Å². The summed E-state index contributed by atoms with van der Waals surface area (Å²) in [5.74, 6) is 0.00803. The number of nitro groups is 1. The van der Waals surface area contributed by atoms with Crippen molar-refractivity contribution in [2.45, 2.75) is 25.6 Å². The summed E-state index contributed by atoms with van der Waals surface area (Å²) in [6, 6.07) is 3.30. The molecular formula is C12H15NO6S. The molecule has 0 bridgehead atoms. The van der Waals surface area contributed by atoms with Crippen LogP contribution in [-0.2, 0) is 4.79 Å². The van der Waals surface area contributed by atoms with Gasteiger partial charge >= 0.3 is 0 Å². The first-order valence-corrected chi connectivity index (χ1v) is 6.78. The third kappa shape index (κ3) is 4.48. The van der Waals surface area contributed by atoms with E-state index < -0.39 is 22.8 Å². The van der Waals surface area contributed by atoms with Crippen molar-refractivity contribution in [2.24, 2.45) is 0 Å². The molecule has 20 heavy (non-hydrogen) atoms. The number of nitrogens with zero attached hydrogens (tertiary/aromatic N) is 1. The summed E-state index contributed by atoms with van der Waals surface area (Å²) in [5, 5.41) is 39.7. The smallest absolute Gasteiger partial charge is 0.278 e. The highest BCUT2D eigenvalue weighted by Crippen LogP contribution is 2.31. The zero-order valence-corrected chi connectivity index (χ0v) is 11.5. The van der Waals surface area contributed by atoms with Crippen molar-refractivity contribution >= 4 is 22.6 Å². The molecule has 0 heterocycles. The molecule has 7 nitrogen and oxygen atoms in total. The summed E-state index contributed by atoms with van der Waals surface area (Å²) in [4.78, 5) is 20.9. The Morgan fingerprint density at radius 2 is 2.10 bits per heavy atom. The van der Waals surface area contributed by atoms with Crippen LogP contribution in [0.25, 0.3) is 0 Å². The van der Waals surface area contributed by atoms with Gasteiger partial charge in [0, 0.05) is 12.7 Å². The van der Waals surface area contributed by atoms with Gasteiger partial charge in [-0.2, -0.15) is 0 Å². The molecule has 0 radical (unpaired) electrons. The summed E-state index contributed by atoms with van der Waals surface area (Å²) in [6.45, 7) is 1.39. The molecule has 0 aromatic heterocycles. The van der Waals surface area contributed by atoms with Gasteiger partial charge in [0.25, 0.3) is 5.69 Å². The number of phenols is 1. The fraction of sp³-hybridized carbons (Fsp3) is 0.417. The first kappa shape index (κ1) is 16.4. The molecule has 1 rings (SSSR count). The Labute approximate surface area is 119 Å². The minimum atomic E-state index is -1.46. The fourth-order valence-corrected chi connectivity index (χ4v) is 2.28. The molecule has 110 valence electrons. The maximum Gasteiger partial charge on any atom is 0.278 e. The van der Waals surface area contributed by atoms with E-state index in [-0.39, 0.29) is 22.8 Å². The van der Waals surface area contributed by atoms with Crippen LogP contribution in [0.15, 0.2) is 18.2 Å². The molecule has 1 aromatic carbocycles. The summed E-state index contributed by atoms with van der Waals surface area (Å²) < 4.78 is 0. The summed E-state index contributed by atoms with van der Waals surface area (Å²) in [5.41, 5.74) is -0.538. The Kier molecular flexibility index (Phi) is 5.93. The Hall–Kier alpha value is -1.64. The van der Waals surface area contributed by atoms with Crippen molar-refractivity contribution < 1.29 is 25.0 Å². The molecule has 2 unspecified atom stereocenters. The molecule has 8 heteroatoms. The Morgan fingerprint density at radius 3 is 2.65 bits per heavy atom. The number of phenolic OH excluding ortho intramolecular Hbond substituents is 1. The number of thioether (sulfide) groups is 1. The first-order chi connectivity index (χ1) is 9.32. The molecule has 0 aliphatic carbocycles. The van der Waals surface area contributed by atoms with E-state index in [1.54, 1.807) is 0 Å². The molecule has 0 fully saturated rings. The number of aliphatic hydroxyl groups is 2. The third-order valence-corrected chi connectivity index (χ3v) is 3.46. The molecule has 0 saturated carbocycles. The van der Waals surface area contributed by atoms with Gasteiger partial charge in [-0.25, -0.2) is 0 Å². The summed E-state index contributed by atoms with van der Waals surface area (Å²) in [7, 11) is 0. The van der Waals surface area contributed by atoms with Crippen molar-refractivity contribution in [1.82, 2.24) is 0 Å². The molecule has 1 aromatic rings. The average molecular weight is 301 g/mol. The second-order valence-corrected chi connectivity index (χ2v) is 5.41. The van der Waals surface area contributed by atoms with Gasteiger partial charge in [-0.15, -0.1) is 0 Å². The van der Waals surface area contributed by atoms with E-state index in [4.69, 9.17) is 0 Å². The van der Waals surface area contributed by atoms with Crippen molar-refractivity contribution in [3.8, 4) is 5.75 Å². The SMILES string of the molecule is CC(=O)SCCC(O)C(O)c1ccc(O)cc1[N+](=O)[O-]. The van der Waals surface area contributed by atoms with E-state index in [0.717, 1.165) is 17.8 Å². The van der Waals surface area contributed by atoms with Gasteiger partial charge in [0.15, 0.2) is 5.12 Å². The number of aliphatic hydroxyl groups excluding tert-OH is 2. The molecule has 0 saturated heterocycles. The zero-order chi connectivity index (χ0) is 15.3. The number of nitro benzene ring substituents is 1. The van der Waals surface area contributed by atoms with Crippen molar-refractivity contribution in [3.05, 3.63) is 33.9 Å². The van der Waals surface area contributed by atoms with Gasteiger partial charge in [-0.3, -0.25) is 14.9 Å². The average Bonchev–Trinajstić information content (AvgIpc) is 2.37. The van der Waals surface area contributed by atoms with Gasteiger partial charge in [0.05, 0.1) is 22.7 Å². The number of hydrogen-bond donors (Lipinski definition) is 3. The normalized spacial score (nSPS) is 13.8. The lowest BCUT2D eigenvalue weighted by atomic mass is 10.0. The topological polar surface area (TPSA) is 121 Å². The number of aromatic hydroxyl groups is 1. The van der Waals surface area contributed by atoms with Crippen molar-refractivity contribution in [2.75, 3.05) is 5.75 Å². The van der Waals surface area contributed by atoms with Crippen LogP contribution in [0.1, 0.15) is 25.0 Å². The Bertz CT molecular complexity index is 507. The molecule has 2 atom stereocenters. The molecule has 3 N–H and O–H groups in total. The highest BCUT2D eigenvalue weighted by atomic mass is 32.2. The van der Waals surface area contributed by atoms with Crippen LogP contribution in [0.4, 0.5) is 5.69 Å². The lowest BCUT2D eigenvalue weighted by Gasteiger charge is -2.17. The molecule has 0 aliphatic rings. The number of rotatable bonds is 6. The van der Waals surface area contributed by atoms with Crippen LogP contribution >= 0.6 is 11.8 Å². The van der Waals surface area contributed by atoms with Gasteiger partial charge in [-0.05, 0) is 18.6 Å². The second-order valence-electron chi connectivity index (χ2n) is 4.14. The van der Waals surface area contributed by atoms with Crippen LogP contribution in [0.5, 0.6) is 5.75 Å². The van der Waals surface area contributed by atoms with Crippen LogP contribution < -0.4 is 0 Å². The highest BCUT2D eigenvalue weighted by Gasteiger charge is 2.26. The summed E-state index contributed by atoms with van der Waals surface area (Å²) in [6.07, 6.45) is -2.57. The van der Waals surface area contributed by atoms with Crippen LogP contribution in [0.2, 0.25) is 0 Å². The van der Waals surface area contributed by atoms with E-state index in [1.807, 2.05) is 0 Å². The highest BCUT2D eigenvalue weighted by molar-refractivity contribution is 8.13. The van der Waals surface area contributed by atoms with Gasteiger partial charge < -0.3 is 15.3 Å². The van der Waals surface area contributed by atoms with Gasteiger partial charge in [-0.1, -0.05) is 11.8 Å². The van der Waals surface area contributed by atoms with Crippen LogP contribution in [0, 0.1) is 10.1 Å². The van der Waals surface area contributed by atoms with Crippen molar-refractivity contribution in [3.63, 3.8) is 0 Å². The third-order valence-electron chi connectivity index (χ3n) is 2.61. The molecular weight excluding hydrogens is 286 g/mol. The maximum absolute atomic E-state index is 10.9. The van der Waals surface area contributed by atoms with E-state index in [0.29, 0.717) is 5.75 Å². The standard InChI is InChI=1S/C12H15NO6S/c1-7(14)20-5-4-11(16)12(17)9-3-2-8(15)6-10(9)13(18)19/h2-3,6,11-12,15-17H,4-5H2,1H3. The van der Waals surface area contributed by atoms with Crippen LogP contribution in [-0.4, -0.2) is 37.2 Å². The quantitative estimate of drug-likeness (QED) is 0.536. The lowest BCUT2D eigenvalue weighted by Crippen LogP contribution is -2.20. The zero-order valence-electron chi connectivity index (χ0n) is 10.7. The number of benzene rings is 1. The minimum Gasteiger partial charge on any atom is -0.508 e. The molecule has 0 amide bonds. The predicted octanol–water partition coefficient (Wildman–Crippen LogP) is 1.36. The molecule has 0 spiro atoms. The van der Waals surface area contributed by atoms with Gasteiger partial charge in [0.1, 0.15) is 11.9 Å². The van der Waals surface area contributed by atoms with E-state index in [1.165, 1.54) is 19.1 Å². The van der Waals surface area contributed by atoms with E-state index in [2.05, 4.69) is 0 Å². The molecule has 0 aliphatic heterocycles. The monoisotopic (exact) mass is 301 g/mol. The predicted molar refractivity (Wildman–Crippen MR) is 73.5 cm³/mol. The van der Waals surface area contributed by atoms with Crippen molar-refractivity contribution in [1.29, 1.82) is 0 Å². The number of hydrogen-bond acceptors (Lipinski definition) is 7. The van der Waals surface area contributed by atoms with E-state index in [9.17, 15) is 30.2 Å². The van der Waals surface area contributed by atoms with E-state index >= 15 is 0 Å². The minimum absolute atomic E-state index is 0.0758. The number of carbonyl (C=O) groups excluding carboxylic acids is 1.